The Bertz CT molecular complexity index is 1160. The topological polar surface area (TPSA) is 82.2 Å². The standard InChI is InChI=1S/C20H14Cl2N4O3/c1-28-20-24-18(12-4-9-15(21)16(22)11-12)26(25-20)14-7-5-13(6-8-14)23-19(27)17-3-2-10-29-17/h2-11H,1H3,(H,23,27). The van der Waals surface area contributed by atoms with E-state index in [9.17, 15) is 4.79 Å². The summed E-state index contributed by atoms with van der Waals surface area (Å²) in [5, 5.41) is 7.99. The third-order valence-corrected chi connectivity index (χ3v) is 4.80. The Hall–Kier alpha value is -3.29. The van der Waals surface area contributed by atoms with Gasteiger partial charge in [0.2, 0.25) is 0 Å². The number of hydrogen-bond donors (Lipinski definition) is 1. The minimum atomic E-state index is -0.332. The summed E-state index contributed by atoms with van der Waals surface area (Å²) >= 11 is 12.2. The number of nitrogens with zero attached hydrogens (tertiary/aromatic N) is 3. The highest BCUT2D eigenvalue weighted by Crippen LogP contribution is 2.30. The number of halogens is 2. The lowest BCUT2D eigenvalue weighted by Gasteiger charge is -2.08. The second-order valence-corrected chi connectivity index (χ2v) is 6.76. The average molecular weight is 429 g/mol. The molecule has 2 aromatic heterocycles. The zero-order valence-electron chi connectivity index (χ0n) is 15.1. The van der Waals surface area contributed by atoms with Crippen LogP contribution in [0.25, 0.3) is 17.1 Å². The van der Waals surface area contributed by atoms with Crippen molar-refractivity contribution < 1.29 is 13.9 Å². The SMILES string of the molecule is COc1nc(-c2ccc(Cl)c(Cl)c2)n(-c2ccc(NC(=O)c3ccco3)cc2)n1. The minimum Gasteiger partial charge on any atom is -0.466 e. The van der Waals surface area contributed by atoms with Gasteiger partial charge in [-0.2, -0.15) is 4.98 Å². The van der Waals surface area contributed by atoms with Crippen LogP contribution in [0.1, 0.15) is 10.6 Å². The highest BCUT2D eigenvalue weighted by Gasteiger charge is 2.16. The lowest BCUT2D eigenvalue weighted by atomic mass is 10.2. The number of carbonyl (C=O) groups excluding carboxylic acids is 1. The number of amides is 1. The van der Waals surface area contributed by atoms with Crippen LogP contribution in [0.4, 0.5) is 5.69 Å². The molecule has 0 aliphatic rings. The van der Waals surface area contributed by atoms with Gasteiger partial charge < -0.3 is 14.5 Å². The summed E-state index contributed by atoms with van der Waals surface area (Å²) in [6.07, 6.45) is 1.45. The van der Waals surface area contributed by atoms with E-state index >= 15 is 0 Å². The molecule has 2 heterocycles. The maximum atomic E-state index is 12.1. The summed E-state index contributed by atoms with van der Waals surface area (Å²) in [4.78, 5) is 16.5. The fourth-order valence-electron chi connectivity index (χ4n) is 2.67. The van der Waals surface area contributed by atoms with E-state index in [-0.39, 0.29) is 17.7 Å². The van der Waals surface area contributed by atoms with Crippen LogP contribution in [0.5, 0.6) is 6.01 Å². The van der Waals surface area contributed by atoms with Crippen molar-refractivity contribution in [3.05, 3.63) is 76.7 Å². The molecular formula is C20H14Cl2N4O3. The number of methoxy groups -OCH3 is 1. The number of benzene rings is 2. The van der Waals surface area contributed by atoms with Crippen LogP contribution >= 0.6 is 23.2 Å². The molecule has 29 heavy (non-hydrogen) atoms. The van der Waals surface area contributed by atoms with Crippen molar-refractivity contribution in [2.24, 2.45) is 0 Å². The fourth-order valence-corrected chi connectivity index (χ4v) is 2.97. The Labute approximate surface area is 175 Å². The zero-order valence-corrected chi connectivity index (χ0v) is 16.6. The monoisotopic (exact) mass is 428 g/mol. The summed E-state index contributed by atoms with van der Waals surface area (Å²) in [6.45, 7) is 0. The molecule has 0 fully saturated rings. The van der Waals surface area contributed by atoms with Crippen LogP contribution < -0.4 is 10.1 Å². The number of carbonyl (C=O) groups is 1. The minimum absolute atomic E-state index is 0.210. The lowest BCUT2D eigenvalue weighted by molar-refractivity contribution is 0.0996. The number of nitrogens with one attached hydrogen (secondary N) is 1. The first-order valence-electron chi connectivity index (χ1n) is 8.47. The normalized spacial score (nSPS) is 10.7. The van der Waals surface area contributed by atoms with Crippen molar-refractivity contribution in [2.75, 3.05) is 12.4 Å². The molecule has 0 aliphatic heterocycles. The van der Waals surface area contributed by atoms with Crippen LogP contribution in [-0.2, 0) is 0 Å². The van der Waals surface area contributed by atoms with Crippen LogP contribution in [0.15, 0.2) is 65.3 Å². The molecule has 1 amide bonds. The fraction of sp³-hybridized carbons (Fsp3) is 0.0500. The summed E-state index contributed by atoms with van der Waals surface area (Å²) in [6, 6.07) is 15.8. The molecule has 0 unspecified atom stereocenters. The number of furan rings is 1. The number of aromatic nitrogens is 3. The van der Waals surface area contributed by atoms with E-state index in [1.54, 1.807) is 59.3 Å². The highest BCUT2D eigenvalue weighted by molar-refractivity contribution is 6.42. The molecule has 0 saturated heterocycles. The van der Waals surface area contributed by atoms with Crippen molar-refractivity contribution in [2.45, 2.75) is 0 Å². The first-order valence-corrected chi connectivity index (χ1v) is 9.22. The van der Waals surface area contributed by atoms with E-state index in [0.717, 1.165) is 11.3 Å². The second-order valence-electron chi connectivity index (χ2n) is 5.94. The van der Waals surface area contributed by atoms with Crippen LogP contribution in [0.3, 0.4) is 0 Å². The molecule has 7 nitrogen and oxygen atoms in total. The van der Waals surface area contributed by atoms with Gasteiger partial charge in [0.1, 0.15) is 0 Å². The van der Waals surface area contributed by atoms with E-state index < -0.39 is 0 Å². The maximum Gasteiger partial charge on any atom is 0.336 e. The molecule has 2 aromatic carbocycles. The molecule has 0 atom stereocenters. The van der Waals surface area contributed by atoms with Crippen molar-refractivity contribution in [1.82, 2.24) is 14.8 Å². The van der Waals surface area contributed by atoms with Gasteiger partial charge >= 0.3 is 6.01 Å². The van der Waals surface area contributed by atoms with E-state index in [2.05, 4.69) is 15.4 Å². The summed E-state index contributed by atoms with van der Waals surface area (Å²) in [5.41, 5.74) is 2.06. The van der Waals surface area contributed by atoms with Gasteiger partial charge in [-0.15, -0.1) is 5.10 Å². The highest BCUT2D eigenvalue weighted by atomic mass is 35.5. The van der Waals surface area contributed by atoms with Gasteiger partial charge in [0.25, 0.3) is 5.91 Å². The smallest absolute Gasteiger partial charge is 0.336 e. The molecular weight excluding hydrogens is 415 g/mol. The van der Waals surface area contributed by atoms with Gasteiger partial charge in [-0.3, -0.25) is 4.79 Å². The van der Waals surface area contributed by atoms with Crippen molar-refractivity contribution in [1.29, 1.82) is 0 Å². The molecule has 0 radical (unpaired) electrons. The summed E-state index contributed by atoms with van der Waals surface area (Å²) < 4.78 is 11.9. The molecule has 4 aromatic rings. The zero-order chi connectivity index (χ0) is 20.4. The van der Waals surface area contributed by atoms with Crippen molar-refractivity contribution in [3.8, 4) is 23.1 Å². The molecule has 1 N–H and O–H groups in total. The molecule has 0 bridgehead atoms. The molecule has 4 rings (SSSR count). The quantitative estimate of drug-likeness (QED) is 0.478. The van der Waals surface area contributed by atoms with Gasteiger partial charge in [0, 0.05) is 11.3 Å². The first-order chi connectivity index (χ1) is 14.0. The molecule has 0 saturated carbocycles. The molecule has 0 aliphatic carbocycles. The van der Waals surface area contributed by atoms with E-state index in [0.29, 0.717) is 21.6 Å². The van der Waals surface area contributed by atoms with Gasteiger partial charge in [-0.05, 0) is 54.6 Å². The van der Waals surface area contributed by atoms with E-state index in [1.165, 1.54) is 13.4 Å². The number of anilines is 1. The van der Waals surface area contributed by atoms with E-state index in [1.807, 2.05) is 0 Å². The third-order valence-electron chi connectivity index (χ3n) is 4.06. The Morgan fingerprint density at radius 3 is 2.55 bits per heavy atom. The molecule has 146 valence electrons. The van der Waals surface area contributed by atoms with Gasteiger partial charge in [-0.25, -0.2) is 4.68 Å². The number of hydrogen-bond acceptors (Lipinski definition) is 5. The first kappa shape index (κ1) is 19.0. The van der Waals surface area contributed by atoms with Crippen LogP contribution in [-0.4, -0.2) is 27.8 Å². The molecule has 0 spiro atoms. The summed E-state index contributed by atoms with van der Waals surface area (Å²) in [7, 11) is 1.49. The van der Waals surface area contributed by atoms with Crippen molar-refractivity contribution >= 4 is 34.8 Å². The van der Waals surface area contributed by atoms with Crippen molar-refractivity contribution in [3.63, 3.8) is 0 Å². The van der Waals surface area contributed by atoms with Gasteiger partial charge in [0.05, 0.1) is 29.1 Å². The third kappa shape index (κ3) is 3.96. The maximum absolute atomic E-state index is 12.1. The van der Waals surface area contributed by atoms with Gasteiger partial charge in [0.15, 0.2) is 11.6 Å². The largest absolute Gasteiger partial charge is 0.466 e. The predicted octanol–water partition coefficient (Wildman–Crippen LogP) is 5.10. The average Bonchev–Trinajstić information content (AvgIpc) is 3.41. The summed E-state index contributed by atoms with van der Waals surface area (Å²) in [5.74, 6) is 0.437. The van der Waals surface area contributed by atoms with Crippen LogP contribution in [0.2, 0.25) is 10.0 Å². The molecule has 9 heteroatoms. The Balaban J connectivity index is 1.65. The van der Waals surface area contributed by atoms with Gasteiger partial charge in [-0.1, -0.05) is 23.2 Å². The Kier molecular flexibility index (Phi) is 5.24. The second kappa shape index (κ2) is 7.98. The van der Waals surface area contributed by atoms with Crippen LogP contribution in [0, 0.1) is 0 Å². The lowest BCUT2D eigenvalue weighted by Crippen LogP contribution is -2.10. The number of ether oxygens (including phenoxy) is 1. The predicted molar refractivity (Wildman–Crippen MR) is 110 cm³/mol. The Morgan fingerprint density at radius 2 is 1.90 bits per heavy atom. The number of rotatable bonds is 5. The van der Waals surface area contributed by atoms with E-state index in [4.69, 9.17) is 32.4 Å². The Morgan fingerprint density at radius 1 is 1.10 bits per heavy atom.